The van der Waals surface area contributed by atoms with Gasteiger partial charge >= 0.3 is 0 Å². The molecular formula is C13H15F2NO. The van der Waals surface area contributed by atoms with Crippen molar-refractivity contribution in [1.82, 2.24) is 5.32 Å². The molecule has 1 heterocycles. The smallest absolute Gasteiger partial charge is 0.278 e. The van der Waals surface area contributed by atoms with Crippen molar-refractivity contribution in [3.8, 4) is 0 Å². The molecule has 1 aromatic carbocycles. The molecule has 4 heteroatoms. The van der Waals surface area contributed by atoms with E-state index < -0.39 is 6.01 Å². The van der Waals surface area contributed by atoms with Crippen LogP contribution in [-0.2, 0) is 6.42 Å². The van der Waals surface area contributed by atoms with Gasteiger partial charge in [-0.25, -0.2) is 4.39 Å². The molecule has 1 unspecified atom stereocenters. The van der Waals surface area contributed by atoms with Crippen LogP contribution in [-0.4, -0.2) is 13.1 Å². The zero-order valence-corrected chi connectivity index (χ0v) is 9.89. The average molecular weight is 239 g/mol. The fraction of sp³-hybridized carbons (Fsp3) is 0.385. The van der Waals surface area contributed by atoms with Crippen LogP contribution in [0.1, 0.15) is 18.9 Å². The maximum atomic E-state index is 13.8. The number of furan rings is 1. The van der Waals surface area contributed by atoms with E-state index in [2.05, 4.69) is 5.32 Å². The minimum absolute atomic E-state index is 0.221. The first kappa shape index (κ1) is 12.0. The van der Waals surface area contributed by atoms with Gasteiger partial charge < -0.3 is 9.73 Å². The second kappa shape index (κ2) is 4.84. The number of likely N-dealkylation sites (N-methyl/N-ethyl adjacent to an activating group) is 1. The van der Waals surface area contributed by atoms with Crippen LogP contribution in [0.5, 0.6) is 0 Å². The number of rotatable bonds is 4. The molecule has 2 rings (SSSR count). The van der Waals surface area contributed by atoms with Gasteiger partial charge in [-0.15, -0.1) is 0 Å². The molecule has 0 radical (unpaired) electrons. The quantitative estimate of drug-likeness (QED) is 0.886. The van der Waals surface area contributed by atoms with Crippen molar-refractivity contribution in [3.05, 3.63) is 35.6 Å². The van der Waals surface area contributed by atoms with E-state index in [0.717, 1.165) is 6.42 Å². The summed E-state index contributed by atoms with van der Waals surface area (Å²) in [6.45, 7) is 2.04. The molecule has 2 aromatic rings. The van der Waals surface area contributed by atoms with Gasteiger partial charge in [0.2, 0.25) is 0 Å². The minimum Gasteiger partial charge on any atom is -0.431 e. The van der Waals surface area contributed by atoms with Gasteiger partial charge in [-0.05, 0) is 31.5 Å². The topological polar surface area (TPSA) is 25.2 Å². The zero-order chi connectivity index (χ0) is 12.4. The van der Waals surface area contributed by atoms with E-state index in [1.165, 1.54) is 12.1 Å². The third-order valence-corrected chi connectivity index (χ3v) is 3.02. The van der Waals surface area contributed by atoms with Gasteiger partial charge in [-0.2, -0.15) is 4.39 Å². The van der Waals surface area contributed by atoms with Gasteiger partial charge in [0.1, 0.15) is 11.4 Å². The van der Waals surface area contributed by atoms with E-state index in [1.807, 2.05) is 14.0 Å². The maximum Gasteiger partial charge on any atom is 0.278 e. The molecule has 17 heavy (non-hydrogen) atoms. The molecular weight excluding hydrogens is 224 g/mol. The van der Waals surface area contributed by atoms with Crippen LogP contribution in [0.2, 0.25) is 0 Å². The summed E-state index contributed by atoms with van der Waals surface area (Å²) in [4.78, 5) is 0. The first-order valence-corrected chi connectivity index (χ1v) is 5.68. The van der Waals surface area contributed by atoms with Gasteiger partial charge in [0.25, 0.3) is 6.01 Å². The number of hydrogen-bond donors (Lipinski definition) is 1. The molecule has 2 nitrogen and oxygen atoms in total. The molecule has 1 N–H and O–H groups in total. The number of fused-ring (bicyclic) bond motifs is 1. The highest BCUT2D eigenvalue weighted by molar-refractivity contribution is 5.78. The molecule has 0 bridgehead atoms. The van der Waals surface area contributed by atoms with Crippen LogP contribution in [0, 0.1) is 11.8 Å². The maximum absolute atomic E-state index is 13.8. The van der Waals surface area contributed by atoms with E-state index in [0.29, 0.717) is 17.4 Å². The molecule has 1 atom stereocenters. The summed E-state index contributed by atoms with van der Waals surface area (Å²) in [7, 11) is 1.85. The summed E-state index contributed by atoms with van der Waals surface area (Å²) in [5.41, 5.74) is 0.834. The standard InChI is InChI=1S/C13H15F2NO/c1-3-10(16-2)5-8-4-9-6-13(15)17-12(9)7-11(8)14/h4,6-7,10,16H,3,5H2,1-2H3. The van der Waals surface area contributed by atoms with Crippen molar-refractivity contribution in [2.75, 3.05) is 7.05 Å². The number of halogens is 2. The Hall–Kier alpha value is -1.42. The lowest BCUT2D eigenvalue weighted by molar-refractivity contribution is 0.380. The van der Waals surface area contributed by atoms with Crippen LogP contribution < -0.4 is 5.32 Å². The first-order valence-electron chi connectivity index (χ1n) is 5.68. The molecule has 92 valence electrons. The lowest BCUT2D eigenvalue weighted by atomic mass is 10.0. The van der Waals surface area contributed by atoms with Crippen molar-refractivity contribution in [3.63, 3.8) is 0 Å². The van der Waals surface area contributed by atoms with Gasteiger partial charge in [0, 0.05) is 23.6 Å². The van der Waals surface area contributed by atoms with Crippen molar-refractivity contribution < 1.29 is 13.2 Å². The van der Waals surface area contributed by atoms with Gasteiger partial charge in [0.05, 0.1) is 0 Å². The Morgan fingerprint density at radius 2 is 2.06 bits per heavy atom. The highest BCUT2D eigenvalue weighted by Crippen LogP contribution is 2.23. The van der Waals surface area contributed by atoms with E-state index in [1.54, 1.807) is 6.07 Å². The van der Waals surface area contributed by atoms with Crippen LogP contribution >= 0.6 is 0 Å². The van der Waals surface area contributed by atoms with Crippen LogP contribution in [0.4, 0.5) is 8.78 Å². The molecule has 0 saturated heterocycles. The SMILES string of the molecule is CCC(Cc1cc2cc(F)oc2cc1F)NC. The van der Waals surface area contributed by atoms with Crippen molar-refractivity contribution in [2.24, 2.45) is 0 Å². The Balaban J connectivity index is 2.36. The summed E-state index contributed by atoms with van der Waals surface area (Å²) in [6, 6.07) is 3.71. The van der Waals surface area contributed by atoms with Crippen LogP contribution in [0.3, 0.4) is 0 Å². The van der Waals surface area contributed by atoms with Crippen molar-refractivity contribution in [1.29, 1.82) is 0 Å². The Morgan fingerprint density at radius 3 is 2.71 bits per heavy atom. The van der Waals surface area contributed by atoms with Gasteiger partial charge in [0.15, 0.2) is 0 Å². The molecule has 0 saturated carbocycles. The summed E-state index contributed by atoms with van der Waals surface area (Å²) >= 11 is 0. The monoisotopic (exact) mass is 239 g/mol. The normalized spacial score (nSPS) is 13.2. The van der Waals surface area contributed by atoms with Crippen molar-refractivity contribution in [2.45, 2.75) is 25.8 Å². The summed E-state index contributed by atoms with van der Waals surface area (Å²) in [5, 5.41) is 3.72. The summed E-state index contributed by atoms with van der Waals surface area (Å²) in [5.74, 6) is -0.347. The van der Waals surface area contributed by atoms with E-state index in [9.17, 15) is 8.78 Å². The minimum atomic E-state index is -0.683. The molecule has 0 aliphatic heterocycles. The Bertz CT molecular complexity index is 517. The molecule has 0 fully saturated rings. The second-order valence-corrected chi connectivity index (χ2v) is 4.13. The highest BCUT2D eigenvalue weighted by Gasteiger charge is 2.12. The van der Waals surface area contributed by atoms with Gasteiger partial charge in [-0.3, -0.25) is 0 Å². The van der Waals surface area contributed by atoms with E-state index >= 15 is 0 Å². The fourth-order valence-electron chi connectivity index (χ4n) is 1.95. The van der Waals surface area contributed by atoms with Crippen LogP contribution in [0.15, 0.2) is 22.6 Å². The lowest BCUT2D eigenvalue weighted by Gasteiger charge is -2.14. The van der Waals surface area contributed by atoms with E-state index in [4.69, 9.17) is 4.42 Å². The van der Waals surface area contributed by atoms with Gasteiger partial charge in [-0.1, -0.05) is 6.92 Å². The van der Waals surface area contributed by atoms with Crippen molar-refractivity contribution >= 4 is 11.0 Å². The zero-order valence-electron chi connectivity index (χ0n) is 9.89. The number of benzene rings is 1. The first-order chi connectivity index (χ1) is 8.13. The summed E-state index contributed by atoms with van der Waals surface area (Å²) in [6.07, 6.45) is 1.50. The Morgan fingerprint density at radius 1 is 1.29 bits per heavy atom. The predicted octanol–water partition coefficient (Wildman–Crippen LogP) is 3.25. The third kappa shape index (κ3) is 2.47. The lowest BCUT2D eigenvalue weighted by Crippen LogP contribution is -2.26. The molecule has 0 aliphatic rings. The third-order valence-electron chi connectivity index (χ3n) is 3.02. The molecule has 1 aromatic heterocycles. The molecule has 0 aliphatic carbocycles. The predicted molar refractivity (Wildman–Crippen MR) is 63.0 cm³/mol. The second-order valence-electron chi connectivity index (χ2n) is 4.13. The average Bonchev–Trinajstić information content (AvgIpc) is 2.65. The Labute approximate surface area is 98.6 Å². The summed E-state index contributed by atoms with van der Waals surface area (Å²) < 4.78 is 31.4. The Kier molecular flexibility index (Phi) is 3.43. The highest BCUT2D eigenvalue weighted by atomic mass is 19.1. The van der Waals surface area contributed by atoms with E-state index in [-0.39, 0.29) is 17.4 Å². The van der Waals surface area contributed by atoms with Crippen LogP contribution in [0.25, 0.3) is 11.0 Å². The molecule has 0 spiro atoms. The fourth-order valence-corrected chi connectivity index (χ4v) is 1.95. The largest absolute Gasteiger partial charge is 0.431 e. The number of nitrogens with one attached hydrogen (secondary N) is 1. The number of hydrogen-bond acceptors (Lipinski definition) is 2. The molecule has 0 amide bonds.